The molecule has 0 heterocycles. The van der Waals surface area contributed by atoms with E-state index in [1.165, 1.54) is 25.2 Å². The Hall–Kier alpha value is -1.45. The van der Waals surface area contributed by atoms with E-state index in [2.05, 4.69) is 4.72 Å². The number of nitrogen functional groups attached to an aromatic ring is 1. The molecule has 0 fully saturated rings. The number of hydrogen-bond acceptors (Lipinski definition) is 5. The number of sulfonamides is 1. The maximum absolute atomic E-state index is 12.5. The maximum Gasteiger partial charge on any atom is 0.255 e. The average Bonchev–Trinajstić information content (AvgIpc) is 2.38. The van der Waals surface area contributed by atoms with E-state index in [-0.39, 0.29) is 29.4 Å². The lowest BCUT2D eigenvalue weighted by Gasteiger charge is -2.25. The van der Waals surface area contributed by atoms with E-state index in [1.807, 2.05) is 0 Å². The van der Waals surface area contributed by atoms with Gasteiger partial charge < -0.3 is 15.7 Å². The number of alkyl halides is 2. The highest BCUT2D eigenvalue weighted by molar-refractivity contribution is 7.89. The van der Waals surface area contributed by atoms with E-state index in [4.69, 9.17) is 10.8 Å². The standard InChI is InChI=1S/C11H17F2N3O3S/c1-15-20(18,19)8-2-3-9(14)10(6-8)16(4-5-17)7-11(12)13/h2-3,6,11,15,17H,4-5,7,14H2,1H3. The van der Waals surface area contributed by atoms with Gasteiger partial charge in [0, 0.05) is 6.54 Å². The lowest BCUT2D eigenvalue weighted by atomic mass is 10.2. The second-order valence-corrected chi connectivity index (χ2v) is 5.88. The Morgan fingerprint density at radius 1 is 1.45 bits per heavy atom. The second-order valence-electron chi connectivity index (χ2n) is 3.99. The molecule has 0 amide bonds. The van der Waals surface area contributed by atoms with Crippen LogP contribution < -0.4 is 15.4 Å². The molecule has 0 spiro atoms. The third-order valence-corrected chi connectivity index (χ3v) is 4.06. The van der Waals surface area contributed by atoms with E-state index in [9.17, 15) is 17.2 Å². The van der Waals surface area contributed by atoms with Crippen LogP contribution in [0.15, 0.2) is 23.1 Å². The molecular weight excluding hydrogens is 292 g/mol. The number of hydrogen-bond donors (Lipinski definition) is 3. The summed E-state index contributed by atoms with van der Waals surface area (Å²) in [6, 6.07) is 3.82. The number of anilines is 2. The van der Waals surface area contributed by atoms with Gasteiger partial charge in [0.2, 0.25) is 10.0 Å². The van der Waals surface area contributed by atoms with Crippen molar-refractivity contribution in [2.24, 2.45) is 0 Å². The highest BCUT2D eigenvalue weighted by Gasteiger charge is 2.18. The summed E-state index contributed by atoms with van der Waals surface area (Å²) in [5.41, 5.74) is 6.01. The summed E-state index contributed by atoms with van der Waals surface area (Å²) in [4.78, 5) is 1.07. The molecule has 114 valence electrons. The molecule has 6 nitrogen and oxygen atoms in total. The van der Waals surface area contributed by atoms with Gasteiger partial charge in [0.05, 0.1) is 29.4 Å². The third-order valence-electron chi connectivity index (χ3n) is 2.65. The van der Waals surface area contributed by atoms with E-state index in [0.717, 1.165) is 4.90 Å². The van der Waals surface area contributed by atoms with Crippen LogP contribution in [-0.4, -0.2) is 46.7 Å². The number of nitrogens with two attached hydrogens (primary N) is 1. The largest absolute Gasteiger partial charge is 0.397 e. The zero-order valence-corrected chi connectivity index (χ0v) is 11.7. The summed E-state index contributed by atoms with van der Waals surface area (Å²) in [5, 5.41) is 8.92. The van der Waals surface area contributed by atoms with Gasteiger partial charge in [-0.05, 0) is 25.2 Å². The van der Waals surface area contributed by atoms with Crippen molar-refractivity contribution in [1.82, 2.24) is 4.72 Å². The van der Waals surface area contributed by atoms with Crippen LogP contribution in [0.2, 0.25) is 0 Å². The van der Waals surface area contributed by atoms with Crippen molar-refractivity contribution in [1.29, 1.82) is 0 Å². The summed E-state index contributed by atoms with van der Waals surface area (Å²) in [6.07, 6.45) is -2.63. The smallest absolute Gasteiger partial charge is 0.255 e. The highest BCUT2D eigenvalue weighted by Crippen LogP contribution is 2.27. The molecule has 0 unspecified atom stereocenters. The van der Waals surface area contributed by atoms with Crippen LogP contribution in [0.3, 0.4) is 0 Å². The number of nitrogens with one attached hydrogen (secondary N) is 1. The minimum atomic E-state index is -3.70. The monoisotopic (exact) mass is 309 g/mol. The number of aliphatic hydroxyl groups is 1. The minimum Gasteiger partial charge on any atom is -0.397 e. The van der Waals surface area contributed by atoms with E-state index in [1.54, 1.807) is 0 Å². The summed E-state index contributed by atoms with van der Waals surface area (Å²) >= 11 is 0. The Labute approximate surface area is 116 Å². The van der Waals surface area contributed by atoms with Crippen LogP contribution in [0.4, 0.5) is 20.2 Å². The summed E-state index contributed by atoms with van der Waals surface area (Å²) in [7, 11) is -2.45. The normalized spacial score (nSPS) is 11.8. The molecule has 1 aromatic rings. The fourth-order valence-electron chi connectivity index (χ4n) is 1.68. The molecule has 0 radical (unpaired) electrons. The molecular formula is C11H17F2N3O3S. The number of nitrogens with zero attached hydrogens (tertiary/aromatic N) is 1. The topological polar surface area (TPSA) is 95.7 Å². The van der Waals surface area contributed by atoms with Gasteiger partial charge in [-0.1, -0.05) is 0 Å². The number of aliphatic hydroxyl groups excluding tert-OH is 1. The summed E-state index contributed by atoms with van der Waals surface area (Å²) < 4.78 is 50.6. The first-order valence-electron chi connectivity index (χ1n) is 5.79. The third kappa shape index (κ3) is 4.02. The Bertz CT molecular complexity index is 552. The van der Waals surface area contributed by atoms with Gasteiger partial charge in [-0.25, -0.2) is 21.9 Å². The van der Waals surface area contributed by atoms with Crippen LogP contribution in [0.5, 0.6) is 0 Å². The van der Waals surface area contributed by atoms with Crippen LogP contribution in [0.25, 0.3) is 0 Å². The van der Waals surface area contributed by atoms with Gasteiger partial charge in [0.25, 0.3) is 6.43 Å². The van der Waals surface area contributed by atoms with Crippen LogP contribution in [0.1, 0.15) is 0 Å². The molecule has 0 saturated carbocycles. The minimum absolute atomic E-state index is 0.0718. The first-order valence-corrected chi connectivity index (χ1v) is 7.27. The molecule has 0 aromatic heterocycles. The lowest BCUT2D eigenvalue weighted by molar-refractivity contribution is 0.153. The lowest BCUT2D eigenvalue weighted by Crippen LogP contribution is -2.32. The molecule has 0 aliphatic rings. The quantitative estimate of drug-likeness (QED) is 0.627. The van der Waals surface area contributed by atoms with Crippen molar-refractivity contribution >= 4 is 21.4 Å². The van der Waals surface area contributed by atoms with E-state index < -0.39 is 23.0 Å². The molecule has 1 aromatic carbocycles. The van der Waals surface area contributed by atoms with Crippen molar-refractivity contribution in [3.8, 4) is 0 Å². The first kappa shape index (κ1) is 16.6. The summed E-state index contributed by atoms with van der Waals surface area (Å²) in [5.74, 6) is 0. The first-order chi connectivity index (χ1) is 9.31. The number of halogens is 2. The molecule has 0 aliphatic heterocycles. The average molecular weight is 309 g/mol. The van der Waals surface area contributed by atoms with Gasteiger partial charge >= 0.3 is 0 Å². The fourth-order valence-corrected chi connectivity index (χ4v) is 2.43. The zero-order chi connectivity index (χ0) is 15.3. The molecule has 9 heteroatoms. The van der Waals surface area contributed by atoms with Gasteiger partial charge in [0.15, 0.2) is 0 Å². The number of benzene rings is 1. The van der Waals surface area contributed by atoms with Crippen molar-refractivity contribution in [2.45, 2.75) is 11.3 Å². The predicted octanol–water partition coefficient (Wildman–Crippen LogP) is 0.241. The van der Waals surface area contributed by atoms with Crippen molar-refractivity contribution in [3.63, 3.8) is 0 Å². The van der Waals surface area contributed by atoms with E-state index >= 15 is 0 Å². The van der Waals surface area contributed by atoms with Gasteiger partial charge in [-0.15, -0.1) is 0 Å². The Morgan fingerprint density at radius 3 is 2.60 bits per heavy atom. The van der Waals surface area contributed by atoms with Crippen LogP contribution in [-0.2, 0) is 10.0 Å². The van der Waals surface area contributed by atoms with Crippen molar-refractivity contribution in [3.05, 3.63) is 18.2 Å². The number of rotatable bonds is 7. The molecule has 4 N–H and O–H groups in total. The molecule has 1 rings (SSSR count). The fraction of sp³-hybridized carbons (Fsp3) is 0.455. The van der Waals surface area contributed by atoms with Crippen molar-refractivity contribution in [2.75, 3.05) is 37.4 Å². The Balaban J connectivity index is 3.23. The van der Waals surface area contributed by atoms with Crippen molar-refractivity contribution < 1.29 is 22.3 Å². The second kappa shape index (κ2) is 6.82. The predicted molar refractivity (Wildman–Crippen MR) is 72.4 cm³/mol. The highest BCUT2D eigenvalue weighted by atomic mass is 32.2. The van der Waals surface area contributed by atoms with Gasteiger partial charge in [-0.3, -0.25) is 0 Å². The van der Waals surface area contributed by atoms with Gasteiger partial charge in [0.1, 0.15) is 0 Å². The molecule has 0 aliphatic carbocycles. The Kier molecular flexibility index (Phi) is 5.66. The molecule has 0 saturated heterocycles. The molecule has 20 heavy (non-hydrogen) atoms. The summed E-state index contributed by atoms with van der Waals surface area (Å²) in [6.45, 7) is -1.07. The maximum atomic E-state index is 12.5. The SMILES string of the molecule is CNS(=O)(=O)c1ccc(N)c(N(CCO)CC(F)F)c1. The zero-order valence-electron chi connectivity index (χ0n) is 10.9. The molecule has 0 atom stereocenters. The molecule has 0 bridgehead atoms. The van der Waals surface area contributed by atoms with Gasteiger partial charge in [-0.2, -0.15) is 0 Å². The van der Waals surface area contributed by atoms with E-state index in [0.29, 0.717) is 0 Å². The Morgan fingerprint density at radius 2 is 2.10 bits per heavy atom. The van der Waals surface area contributed by atoms with Crippen LogP contribution in [0, 0.1) is 0 Å². The van der Waals surface area contributed by atoms with Crippen LogP contribution >= 0.6 is 0 Å².